The van der Waals surface area contributed by atoms with Crippen LogP contribution >= 0.6 is 0 Å². The van der Waals surface area contributed by atoms with Crippen LogP contribution in [0.4, 0.5) is 5.82 Å². The summed E-state index contributed by atoms with van der Waals surface area (Å²) in [7, 11) is 0. The quantitative estimate of drug-likeness (QED) is 0.772. The molecule has 1 aromatic heterocycles. The maximum absolute atomic E-state index is 9.16. The van der Waals surface area contributed by atoms with E-state index in [2.05, 4.69) is 41.2 Å². The van der Waals surface area contributed by atoms with Crippen molar-refractivity contribution in [3.05, 3.63) is 23.9 Å². The smallest absolute Gasteiger partial charge is 0.129 e. The summed E-state index contributed by atoms with van der Waals surface area (Å²) in [4.78, 5) is 6.67. The van der Waals surface area contributed by atoms with Gasteiger partial charge in [-0.25, -0.2) is 4.98 Å². The number of hydrogen-bond acceptors (Lipinski definition) is 4. The predicted octanol–water partition coefficient (Wildman–Crippen LogP) is 1.71. The van der Waals surface area contributed by atoms with Crippen LogP contribution in [0.2, 0.25) is 0 Å². The number of nitrogens with one attached hydrogen (secondary N) is 1. The summed E-state index contributed by atoms with van der Waals surface area (Å²) < 4.78 is 0. The highest BCUT2D eigenvalue weighted by atomic mass is 16.3. The van der Waals surface area contributed by atoms with Crippen LogP contribution in [-0.4, -0.2) is 35.8 Å². The van der Waals surface area contributed by atoms with E-state index in [1.165, 1.54) is 18.4 Å². The fraction of sp³-hybridized carbons (Fsp3) is 0.643. The lowest BCUT2D eigenvalue weighted by molar-refractivity contribution is 0.301. The number of nitrogens with zero attached hydrogens (tertiary/aromatic N) is 2. The SMILES string of the molecule is CCNC(C)c1ccnc(N(CCO)C2CC2)c1. The number of rotatable bonds is 7. The van der Waals surface area contributed by atoms with Crippen LogP contribution in [0.5, 0.6) is 0 Å². The molecule has 1 fully saturated rings. The van der Waals surface area contributed by atoms with Gasteiger partial charge in [-0.2, -0.15) is 0 Å². The molecule has 0 bridgehead atoms. The molecule has 0 amide bonds. The Hall–Kier alpha value is -1.13. The number of pyridine rings is 1. The third-order valence-corrected chi connectivity index (χ3v) is 3.40. The summed E-state index contributed by atoms with van der Waals surface area (Å²) in [5.41, 5.74) is 1.26. The molecule has 2 N–H and O–H groups in total. The Labute approximate surface area is 109 Å². The normalized spacial score (nSPS) is 16.6. The van der Waals surface area contributed by atoms with Crippen molar-refractivity contribution in [2.24, 2.45) is 0 Å². The van der Waals surface area contributed by atoms with E-state index in [1.807, 2.05) is 6.20 Å². The van der Waals surface area contributed by atoms with Crippen LogP contribution in [0.25, 0.3) is 0 Å². The van der Waals surface area contributed by atoms with Gasteiger partial charge in [-0.15, -0.1) is 0 Å². The number of hydrogen-bond donors (Lipinski definition) is 2. The summed E-state index contributed by atoms with van der Waals surface area (Å²) in [5.74, 6) is 0.994. The molecule has 1 unspecified atom stereocenters. The Bertz CT molecular complexity index is 379. The molecule has 4 heteroatoms. The molecule has 0 saturated heterocycles. The summed E-state index contributed by atoms with van der Waals surface area (Å²) >= 11 is 0. The minimum atomic E-state index is 0.186. The lowest BCUT2D eigenvalue weighted by Crippen LogP contribution is -2.30. The highest BCUT2D eigenvalue weighted by molar-refractivity contribution is 5.44. The molecule has 1 aliphatic carbocycles. The first kappa shape index (κ1) is 13.3. The summed E-state index contributed by atoms with van der Waals surface area (Å²) in [6, 6.07) is 5.11. The topological polar surface area (TPSA) is 48.4 Å². The minimum Gasteiger partial charge on any atom is -0.395 e. The zero-order valence-electron chi connectivity index (χ0n) is 11.3. The number of aliphatic hydroxyl groups excluding tert-OH is 1. The monoisotopic (exact) mass is 249 g/mol. The third-order valence-electron chi connectivity index (χ3n) is 3.40. The second-order valence-corrected chi connectivity index (χ2v) is 4.87. The van der Waals surface area contributed by atoms with Crippen molar-refractivity contribution in [1.29, 1.82) is 0 Å². The van der Waals surface area contributed by atoms with Crippen LogP contribution in [-0.2, 0) is 0 Å². The maximum Gasteiger partial charge on any atom is 0.129 e. The predicted molar refractivity (Wildman–Crippen MR) is 73.8 cm³/mol. The Morgan fingerprint density at radius 3 is 2.94 bits per heavy atom. The third kappa shape index (κ3) is 3.21. The van der Waals surface area contributed by atoms with E-state index in [1.54, 1.807) is 0 Å². The van der Waals surface area contributed by atoms with E-state index in [0.29, 0.717) is 18.6 Å². The summed E-state index contributed by atoms with van der Waals surface area (Å²) in [5, 5.41) is 12.6. The molecule has 0 spiro atoms. The molecule has 0 aliphatic heterocycles. The highest BCUT2D eigenvalue weighted by Crippen LogP contribution is 2.31. The second kappa shape index (κ2) is 6.16. The molecule has 0 aromatic carbocycles. The fourth-order valence-electron chi connectivity index (χ4n) is 2.26. The summed E-state index contributed by atoms with van der Waals surface area (Å²) in [6.45, 7) is 6.10. The Kier molecular flexibility index (Phi) is 4.55. The first-order valence-electron chi connectivity index (χ1n) is 6.83. The molecule has 1 aliphatic rings. The molecular weight excluding hydrogens is 226 g/mol. The van der Waals surface area contributed by atoms with Crippen molar-refractivity contribution >= 4 is 5.82 Å². The average molecular weight is 249 g/mol. The van der Waals surface area contributed by atoms with Gasteiger partial charge in [0.15, 0.2) is 0 Å². The molecule has 1 atom stereocenters. The molecule has 1 saturated carbocycles. The van der Waals surface area contributed by atoms with E-state index in [0.717, 1.165) is 12.4 Å². The zero-order valence-corrected chi connectivity index (χ0v) is 11.3. The molecule has 1 aromatic rings. The molecular formula is C14H23N3O. The number of aliphatic hydroxyl groups is 1. The van der Waals surface area contributed by atoms with Gasteiger partial charge in [-0.05, 0) is 44.0 Å². The van der Waals surface area contributed by atoms with Crippen molar-refractivity contribution in [2.75, 3.05) is 24.6 Å². The van der Waals surface area contributed by atoms with E-state index < -0.39 is 0 Å². The summed E-state index contributed by atoms with van der Waals surface area (Å²) in [6.07, 6.45) is 4.30. The standard InChI is InChI=1S/C14H23N3O/c1-3-15-11(2)12-6-7-16-14(10-12)17(8-9-18)13-4-5-13/h6-7,10-11,13,15,18H,3-5,8-9H2,1-2H3. The Morgan fingerprint density at radius 2 is 2.33 bits per heavy atom. The van der Waals surface area contributed by atoms with Crippen LogP contribution in [0.15, 0.2) is 18.3 Å². The van der Waals surface area contributed by atoms with Gasteiger partial charge in [0, 0.05) is 24.8 Å². The van der Waals surface area contributed by atoms with Crippen LogP contribution < -0.4 is 10.2 Å². The molecule has 2 rings (SSSR count). The van der Waals surface area contributed by atoms with E-state index in [4.69, 9.17) is 5.11 Å². The van der Waals surface area contributed by atoms with Crippen molar-refractivity contribution in [1.82, 2.24) is 10.3 Å². The van der Waals surface area contributed by atoms with Gasteiger partial charge in [0.05, 0.1) is 6.61 Å². The molecule has 100 valence electrons. The molecule has 18 heavy (non-hydrogen) atoms. The zero-order chi connectivity index (χ0) is 13.0. The maximum atomic E-state index is 9.16. The van der Waals surface area contributed by atoms with Crippen molar-refractivity contribution in [3.63, 3.8) is 0 Å². The van der Waals surface area contributed by atoms with Gasteiger partial charge < -0.3 is 15.3 Å². The van der Waals surface area contributed by atoms with Gasteiger partial charge in [0.1, 0.15) is 5.82 Å². The van der Waals surface area contributed by atoms with Crippen LogP contribution in [0, 0.1) is 0 Å². The van der Waals surface area contributed by atoms with Crippen LogP contribution in [0.3, 0.4) is 0 Å². The molecule has 4 nitrogen and oxygen atoms in total. The van der Waals surface area contributed by atoms with Gasteiger partial charge in [0.25, 0.3) is 0 Å². The van der Waals surface area contributed by atoms with E-state index in [9.17, 15) is 0 Å². The van der Waals surface area contributed by atoms with Gasteiger partial charge in [-0.3, -0.25) is 0 Å². The number of anilines is 1. The lowest BCUT2D eigenvalue weighted by Gasteiger charge is -2.23. The van der Waals surface area contributed by atoms with E-state index >= 15 is 0 Å². The van der Waals surface area contributed by atoms with Crippen molar-refractivity contribution < 1.29 is 5.11 Å². The Morgan fingerprint density at radius 1 is 1.56 bits per heavy atom. The Balaban J connectivity index is 2.14. The van der Waals surface area contributed by atoms with E-state index in [-0.39, 0.29) is 6.61 Å². The van der Waals surface area contributed by atoms with Crippen molar-refractivity contribution in [3.8, 4) is 0 Å². The molecule has 1 heterocycles. The average Bonchev–Trinajstić information content (AvgIpc) is 3.21. The lowest BCUT2D eigenvalue weighted by atomic mass is 10.1. The highest BCUT2D eigenvalue weighted by Gasteiger charge is 2.29. The first-order chi connectivity index (χ1) is 8.76. The largest absolute Gasteiger partial charge is 0.395 e. The van der Waals surface area contributed by atoms with Crippen LogP contribution in [0.1, 0.15) is 38.3 Å². The molecule has 0 radical (unpaired) electrons. The van der Waals surface area contributed by atoms with Gasteiger partial charge in [0.2, 0.25) is 0 Å². The number of aromatic nitrogens is 1. The second-order valence-electron chi connectivity index (χ2n) is 4.87. The first-order valence-corrected chi connectivity index (χ1v) is 6.83. The minimum absolute atomic E-state index is 0.186. The van der Waals surface area contributed by atoms with Gasteiger partial charge >= 0.3 is 0 Å². The van der Waals surface area contributed by atoms with Gasteiger partial charge in [-0.1, -0.05) is 6.92 Å². The fourth-order valence-corrected chi connectivity index (χ4v) is 2.26. The van der Waals surface area contributed by atoms with Crippen molar-refractivity contribution in [2.45, 2.75) is 38.8 Å².